The Morgan fingerprint density at radius 3 is 2.30 bits per heavy atom. The Labute approximate surface area is 136 Å². The van der Waals surface area contributed by atoms with E-state index in [4.69, 9.17) is 4.74 Å². The molecule has 8 heteroatoms. The molecule has 0 aromatic carbocycles. The summed E-state index contributed by atoms with van der Waals surface area (Å²) in [4.78, 5) is 24.2. The lowest BCUT2D eigenvalue weighted by Gasteiger charge is -2.25. The molecule has 134 valence electrons. The summed E-state index contributed by atoms with van der Waals surface area (Å²) in [6.45, 7) is 4.97. The average molecular weight is 353 g/mol. The summed E-state index contributed by atoms with van der Waals surface area (Å²) >= 11 is 0. The highest BCUT2D eigenvalue weighted by atomic mass is 32.2. The monoisotopic (exact) mass is 353 g/mol. The number of hydrogen-bond acceptors (Lipinski definition) is 4. The van der Waals surface area contributed by atoms with Crippen molar-refractivity contribution in [1.29, 1.82) is 0 Å². The molecule has 1 fully saturated rings. The van der Waals surface area contributed by atoms with E-state index in [0.717, 1.165) is 5.37 Å². The fraction of sp³-hybridized carbons (Fsp3) is 0.800. The van der Waals surface area contributed by atoms with Crippen LogP contribution in [0.3, 0.4) is 0 Å². The number of rotatable bonds is 4. The number of ketones is 1. The van der Waals surface area contributed by atoms with Crippen LogP contribution in [0.25, 0.3) is 0 Å². The van der Waals surface area contributed by atoms with Crippen molar-refractivity contribution in [2.75, 3.05) is 12.5 Å². The first-order valence-electron chi connectivity index (χ1n) is 7.39. The summed E-state index contributed by atoms with van der Waals surface area (Å²) in [7, 11) is -2.50. The van der Waals surface area contributed by atoms with Crippen molar-refractivity contribution in [2.45, 2.75) is 57.6 Å². The van der Waals surface area contributed by atoms with Crippen molar-refractivity contribution in [1.82, 2.24) is 5.32 Å². The number of hydrogen-bond donors (Lipinski definition) is 1. The van der Waals surface area contributed by atoms with E-state index in [0.29, 0.717) is 0 Å². The number of carbonyl (C=O) groups is 2. The van der Waals surface area contributed by atoms with E-state index in [-0.39, 0.29) is 12.8 Å². The average Bonchev–Trinajstić information content (AvgIpc) is 2.61. The van der Waals surface area contributed by atoms with Gasteiger partial charge >= 0.3 is 6.09 Å². The van der Waals surface area contributed by atoms with Gasteiger partial charge in [-0.1, -0.05) is 0 Å². The fourth-order valence-corrected chi connectivity index (χ4v) is 3.18. The number of alkyl carbamates (subject to hydrolysis) is 1. The van der Waals surface area contributed by atoms with E-state index in [1.807, 2.05) is 0 Å². The van der Waals surface area contributed by atoms with Crippen molar-refractivity contribution in [3.8, 4) is 0 Å². The molecule has 1 aliphatic carbocycles. The maximum absolute atomic E-state index is 13.4. The van der Waals surface area contributed by atoms with E-state index >= 15 is 0 Å². The smallest absolute Gasteiger partial charge is 0.408 e. The first-order chi connectivity index (χ1) is 10.2. The van der Waals surface area contributed by atoms with Crippen LogP contribution in [0.5, 0.6) is 0 Å². The van der Waals surface area contributed by atoms with E-state index in [9.17, 15) is 22.6 Å². The quantitative estimate of drug-likeness (QED) is 0.787. The lowest BCUT2D eigenvalue weighted by atomic mass is 9.95. The standard InChI is InChI=1S/C15H25F2NO4S/c1-14(2,3)22-13(20)18-12(11(19)9-23(4,5)21)10-6-7-15(16,17)8-10/h9-10,12H,6-8H2,1-5H3,(H,18,20)/t10-,12-/m1/s1. The third-order valence-corrected chi connectivity index (χ3v) is 4.09. The number of halogens is 2. The van der Waals surface area contributed by atoms with Crippen LogP contribution in [-0.2, 0) is 19.1 Å². The third kappa shape index (κ3) is 7.28. The van der Waals surface area contributed by atoms with Crippen molar-refractivity contribution in [3.05, 3.63) is 0 Å². The highest BCUT2D eigenvalue weighted by molar-refractivity contribution is 8.01. The van der Waals surface area contributed by atoms with Gasteiger partial charge < -0.3 is 10.1 Å². The minimum Gasteiger partial charge on any atom is -0.444 e. The molecular weight excluding hydrogens is 328 g/mol. The molecule has 1 N–H and O–H groups in total. The molecule has 0 aliphatic heterocycles. The van der Waals surface area contributed by atoms with Crippen LogP contribution in [0, 0.1) is 5.92 Å². The van der Waals surface area contributed by atoms with Gasteiger partial charge in [0.2, 0.25) is 5.92 Å². The maximum Gasteiger partial charge on any atom is 0.408 e. The Kier molecular flexibility index (Phi) is 5.83. The molecule has 0 bridgehead atoms. The Bertz CT molecular complexity index is 581. The Hall–Kier alpha value is -1.18. The number of nitrogens with one attached hydrogen (secondary N) is 1. The van der Waals surface area contributed by atoms with Crippen LogP contribution in [0.15, 0.2) is 0 Å². The first kappa shape index (κ1) is 19.9. The maximum atomic E-state index is 13.4. The molecule has 0 radical (unpaired) electrons. The van der Waals surface area contributed by atoms with Gasteiger partial charge in [-0.05, 0) is 42.6 Å². The summed E-state index contributed by atoms with van der Waals surface area (Å²) in [5.74, 6) is -4.17. The number of Topliss-reactive ketones (excluding diaryl/α,β-unsaturated/α-hetero) is 1. The van der Waals surface area contributed by atoms with Crippen LogP contribution in [-0.4, -0.2) is 51.5 Å². The third-order valence-electron chi connectivity index (χ3n) is 3.29. The molecule has 5 nitrogen and oxygen atoms in total. The zero-order valence-corrected chi connectivity index (χ0v) is 15.0. The Morgan fingerprint density at radius 2 is 1.91 bits per heavy atom. The predicted molar refractivity (Wildman–Crippen MR) is 86.5 cm³/mol. The summed E-state index contributed by atoms with van der Waals surface area (Å²) in [5, 5.41) is 3.38. The SMILES string of the molecule is CC(C)(C)OC(=O)N[C@@H](C(=O)C=S(C)(C)=O)[C@@H]1CCC(F)(F)C1. The van der Waals surface area contributed by atoms with Crippen LogP contribution in [0.2, 0.25) is 0 Å². The van der Waals surface area contributed by atoms with Crippen LogP contribution >= 0.6 is 0 Å². The molecule has 1 aliphatic rings. The number of carbonyl (C=O) groups excluding carboxylic acids is 2. The summed E-state index contributed by atoms with van der Waals surface area (Å²) in [6, 6.07) is -1.15. The van der Waals surface area contributed by atoms with Gasteiger partial charge in [-0.25, -0.2) is 13.6 Å². The van der Waals surface area contributed by atoms with Crippen molar-refractivity contribution >= 4 is 26.8 Å². The van der Waals surface area contributed by atoms with Crippen LogP contribution in [0.1, 0.15) is 40.0 Å². The van der Waals surface area contributed by atoms with Crippen molar-refractivity contribution < 1.29 is 27.3 Å². The highest BCUT2D eigenvalue weighted by Crippen LogP contribution is 2.40. The molecule has 2 atom stereocenters. The normalized spacial score (nSPS) is 22.3. The number of ether oxygens (including phenoxy) is 1. The van der Waals surface area contributed by atoms with Gasteiger partial charge in [-0.2, -0.15) is 0 Å². The molecule has 1 rings (SSSR count). The number of alkyl halides is 2. The molecule has 0 spiro atoms. The van der Waals surface area contributed by atoms with Gasteiger partial charge in [0.05, 0.1) is 6.04 Å². The van der Waals surface area contributed by atoms with Gasteiger partial charge in [-0.15, -0.1) is 0 Å². The second-order valence-corrected chi connectivity index (χ2v) is 10.2. The minimum absolute atomic E-state index is 0.113. The highest BCUT2D eigenvalue weighted by Gasteiger charge is 2.45. The van der Waals surface area contributed by atoms with Crippen molar-refractivity contribution in [2.24, 2.45) is 5.92 Å². The van der Waals surface area contributed by atoms with E-state index in [2.05, 4.69) is 5.32 Å². The lowest BCUT2D eigenvalue weighted by molar-refractivity contribution is -0.115. The number of amides is 1. The predicted octanol–water partition coefficient (Wildman–Crippen LogP) is 2.23. The van der Waals surface area contributed by atoms with Gasteiger partial charge in [0, 0.05) is 30.7 Å². The van der Waals surface area contributed by atoms with Gasteiger partial charge in [0.15, 0.2) is 5.78 Å². The van der Waals surface area contributed by atoms with Gasteiger partial charge in [0.25, 0.3) is 0 Å². The second-order valence-electron chi connectivity index (χ2n) is 7.31. The zero-order valence-electron chi connectivity index (χ0n) is 14.2. The van der Waals surface area contributed by atoms with E-state index in [1.165, 1.54) is 12.5 Å². The molecule has 0 saturated heterocycles. The first-order valence-corrected chi connectivity index (χ1v) is 9.82. The summed E-state index contributed by atoms with van der Waals surface area (Å²) in [5.41, 5.74) is -0.774. The van der Waals surface area contributed by atoms with Crippen LogP contribution < -0.4 is 5.32 Å². The largest absolute Gasteiger partial charge is 0.444 e. The molecule has 0 aromatic rings. The Balaban J connectivity index is 2.96. The molecule has 0 unspecified atom stereocenters. The molecule has 23 heavy (non-hydrogen) atoms. The van der Waals surface area contributed by atoms with Crippen molar-refractivity contribution in [3.63, 3.8) is 0 Å². The molecule has 1 amide bonds. The summed E-state index contributed by atoms with van der Waals surface area (Å²) in [6.07, 6.45) is 1.20. The molecule has 1 saturated carbocycles. The minimum atomic E-state index is -2.85. The van der Waals surface area contributed by atoms with Gasteiger partial charge in [0.1, 0.15) is 5.60 Å². The molecule has 0 aromatic heterocycles. The zero-order chi connectivity index (χ0) is 18.1. The molecular formula is C15H25F2NO4S. The van der Waals surface area contributed by atoms with E-state index in [1.54, 1.807) is 20.8 Å². The lowest BCUT2D eigenvalue weighted by Crippen LogP contribution is -2.48. The van der Waals surface area contributed by atoms with Crippen LogP contribution in [0.4, 0.5) is 13.6 Å². The topological polar surface area (TPSA) is 72.5 Å². The van der Waals surface area contributed by atoms with Gasteiger partial charge in [-0.3, -0.25) is 9.00 Å². The summed E-state index contributed by atoms with van der Waals surface area (Å²) < 4.78 is 43.8. The Morgan fingerprint density at radius 1 is 1.35 bits per heavy atom. The van der Waals surface area contributed by atoms with E-state index < -0.39 is 51.3 Å². The fourth-order valence-electron chi connectivity index (χ4n) is 2.48. The molecule has 0 heterocycles. The second kappa shape index (κ2) is 6.75.